The Kier molecular flexibility index (Phi) is 5.46. The van der Waals surface area contributed by atoms with Crippen LogP contribution < -0.4 is 9.47 Å². The smallest absolute Gasteiger partial charge is 0.260 e. The minimum absolute atomic E-state index is 0.0643. The predicted molar refractivity (Wildman–Crippen MR) is 101 cm³/mol. The van der Waals surface area contributed by atoms with Gasteiger partial charge >= 0.3 is 0 Å². The third-order valence-corrected chi connectivity index (χ3v) is 4.33. The van der Waals surface area contributed by atoms with Gasteiger partial charge in [-0.2, -0.15) is 0 Å². The summed E-state index contributed by atoms with van der Waals surface area (Å²) in [7, 11) is 1.75. The maximum Gasteiger partial charge on any atom is 0.260 e. The molecule has 1 heterocycles. The summed E-state index contributed by atoms with van der Waals surface area (Å²) in [5.41, 5.74) is 0.817. The molecular weight excluding hydrogens is 330 g/mol. The van der Waals surface area contributed by atoms with Crippen LogP contribution in [0.4, 0.5) is 0 Å². The number of benzene rings is 2. The number of hydrogen-bond acceptors (Lipinski definition) is 4. The zero-order valence-electron chi connectivity index (χ0n) is 15.3. The first-order valence-electron chi connectivity index (χ1n) is 8.69. The van der Waals surface area contributed by atoms with Gasteiger partial charge in [0.15, 0.2) is 18.1 Å². The molecule has 5 heteroatoms. The van der Waals surface area contributed by atoms with Crippen LogP contribution in [-0.2, 0) is 4.79 Å². The first-order valence-corrected chi connectivity index (χ1v) is 8.69. The molecule has 0 aliphatic heterocycles. The molecule has 136 valence electrons. The van der Waals surface area contributed by atoms with Crippen LogP contribution in [-0.4, -0.2) is 31.1 Å². The Morgan fingerprint density at radius 2 is 1.73 bits per heavy atom. The molecule has 5 nitrogen and oxygen atoms in total. The van der Waals surface area contributed by atoms with Crippen LogP contribution in [0, 0.1) is 0 Å². The van der Waals surface area contributed by atoms with Crippen LogP contribution in [0.25, 0.3) is 11.0 Å². The highest BCUT2D eigenvalue weighted by molar-refractivity contribution is 5.79. The minimum Gasteiger partial charge on any atom is -0.490 e. The first kappa shape index (κ1) is 17.9. The average molecular weight is 353 g/mol. The molecule has 3 rings (SSSR count). The summed E-state index contributed by atoms with van der Waals surface area (Å²) >= 11 is 0. The van der Waals surface area contributed by atoms with Crippen LogP contribution in [0.15, 0.2) is 59.0 Å². The molecule has 1 atom stereocenters. The van der Waals surface area contributed by atoms with Crippen molar-refractivity contribution < 1.29 is 18.7 Å². The van der Waals surface area contributed by atoms with Crippen LogP contribution >= 0.6 is 0 Å². The van der Waals surface area contributed by atoms with Gasteiger partial charge in [-0.15, -0.1) is 0 Å². The van der Waals surface area contributed by atoms with E-state index in [1.165, 1.54) is 0 Å². The normalized spacial score (nSPS) is 12.0. The quantitative estimate of drug-likeness (QED) is 0.630. The summed E-state index contributed by atoms with van der Waals surface area (Å²) in [5.74, 6) is 1.81. The van der Waals surface area contributed by atoms with E-state index >= 15 is 0 Å². The van der Waals surface area contributed by atoms with Crippen molar-refractivity contribution in [2.24, 2.45) is 0 Å². The number of nitrogens with zero attached hydrogens (tertiary/aromatic N) is 1. The molecular formula is C21H23NO4. The highest BCUT2D eigenvalue weighted by atomic mass is 16.5. The molecule has 0 N–H and O–H groups in total. The van der Waals surface area contributed by atoms with Crippen molar-refractivity contribution in [1.29, 1.82) is 0 Å². The summed E-state index contributed by atoms with van der Waals surface area (Å²) in [4.78, 5) is 14.2. The standard InChI is InChI=1S/C21H23NO4/c1-4-24-18-11-7-8-12-19(18)25-14-21(23)22(3)15(2)20-13-16-9-5-6-10-17(16)26-20/h5-13,15H,4,14H2,1-3H3/t15-/m0/s1. The molecule has 0 radical (unpaired) electrons. The molecule has 1 aromatic heterocycles. The molecule has 3 aromatic rings. The highest BCUT2D eigenvalue weighted by Gasteiger charge is 2.21. The van der Waals surface area contributed by atoms with Gasteiger partial charge in [-0.05, 0) is 38.1 Å². The second-order valence-corrected chi connectivity index (χ2v) is 6.04. The largest absolute Gasteiger partial charge is 0.490 e. The molecule has 1 amide bonds. The van der Waals surface area contributed by atoms with Crippen molar-refractivity contribution in [2.45, 2.75) is 19.9 Å². The van der Waals surface area contributed by atoms with Crippen molar-refractivity contribution in [3.8, 4) is 11.5 Å². The summed E-state index contributed by atoms with van der Waals surface area (Å²) in [6.07, 6.45) is 0. The van der Waals surface area contributed by atoms with Crippen molar-refractivity contribution in [2.75, 3.05) is 20.3 Å². The lowest BCUT2D eigenvalue weighted by molar-refractivity contribution is -0.134. The minimum atomic E-state index is -0.194. The molecule has 0 unspecified atom stereocenters. The predicted octanol–water partition coefficient (Wildman–Crippen LogP) is 4.43. The van der Waals surface area contributed by atoms with Gasteiger partial charge in [0.2, 0.25) is 0 Å². The van der Waals surface area contributed by atoms with E-state index in [1.807, 2.05) is 62.4 Å². The van der Waals surface area contributed by atoms with Crippen LogP contribution in [0.1, 0.15) is 25.6 Å². The molecule has 0 saturated carbocycles. The SMILES string of the molecule is CCOc1ccccc1OCC(=O)N(C)[C@@H](C)c1cc2ccccc2o1. The van der Waals surface area contributed by atoms with Crippen molar-refractivity contribution >= 4 is 16.9 Å². The van der Waals surface area contributed by atoms with Crippen molar-refractivity contribution in [1.82, 2.24) is 4.90 Å². The van der Waals surface area contributed by atoms with Crippen molar-refractivity contribution in [3.05, 3.63) is 60.4 Å². The van der Waals surface area contributed by atoms with Gasteiger partial charge in [0.05, 0.1) is 12.6 Å². The first-order chi connectivity index (χ1) is 12.6. The van der Waals surface area contributed by atoms with Crippen LogP contribution in [0.3, 0.4) is 0 Å². The lowest BCUT2D eigenvalue weighted by Gasteiger charge is -2.23. The second-order valence-electron chi connectivity index (χ2n) is 6.04. The highest BCUT2D eigenvalue weighted by Crippen LogP contribution is 2.28. The fraction of sp³-hybridized carbons (Fsp3) is 0.286. The maximum atomic E-state index is 12.5. The number of ether oxygens (including phenoxy) is 2. The van der Waals surface area contributed by atoms with E-state index in [0.717, 1.165) is 16.7 Å². The van der Waals surface area contributed by atoms with E-state index in [1.54, 1.807) is 18.0 Å². The molecule has 0 spiro atoms. The Morgan fingerprint density at radius 1 is 1.08 bits per heavy atom. The van der Waals surface area contributed by atoms with Gasteiger partial charge in [-0.3, -0.25) is 4.79 Å². The van der Waals surface area contributed by atoms with E-state index in [-0.39, 0.29) is 18.6 Å². The van der Waals surface area contributed by atoms with Gasteiger partial charge in [0, 0.05) is 12.4 Å². The average Bonchev–Trinajstić information content (AvgIpc) is 3.10. The number of carbonyl (C=O) groups is 1. The van der Waals surface area contributed by atoms with E-state index in [9.17, 15) is 4.79 Å². The zero-order chi connectivity index (χ0) is 18.5. The molecule has 0 bridgehead atoms. The van der Waals surface area contributed by atoms with Gasteiger partial charge in [-0.1, -0.05) is 30.3 Å². The fourth-order valence-electron chi connectivity index (χ4n) is 2.70. The third-order valence-electron chi connectivity index (χ3n) is 4.33. The lowest BCUT2D eigenvalue weighted by atomic mass is 10.2. The Bertz CT molecular complexity index is 853. The molecule has 0 fully saturated rings. The third kappa shape index (κ3) is 3.82. The Hall–Kier alpha value is -2.95. The van der Waals surface area contributed by atoms with E-state index in [0.29, 0.717) is 18.1 Å². The summed E-state index contributed by atoms with van der Waals surface area (Å²) in [6.45, 7) is 4.32. The molecule has 0 saturated heterocycles. The number of hydrogen-bond donors (Lipinski definition) is 0. The summed E-state index contributed by atoms with van der Waals surface area (Å²) in [5, 5.41) is 1.03. The zero-order valence-corrected chi connectivity index (χ0v) is 15.3. The fourth-order valence-corrected chi connectivity index (χ4v) is 2.70. The Balaban J connectivity index is 1.65. The maximum absolute atomic E-state index is 12.5. The molecule has 0 aliphatic rings. The van der Waals surface area contributed by atoms with E-state index in [4.69, 9.17) is 13.9 Å². The van der Waals surface area contributed by atoms with Gasteiger partial charge in [0.25, 0.3) is 5.91 Å². The molecule has 2 aromatic carbocycles. The van der Waals surface area contributed by atoms with Crippen molar-refractivity contribution in [3.63, 3.8) is 0 Å². The van der Waals surface area contributed by atoms with Gasteiger partial charge in [0.1, 0.15) is 11.3 Å². The number of likely N-dealkylation sites (N-methyl/N-ethyl adjacent to an activating group) is 1. The number of amides is 1. The number of furan rings is 1. The van der Waals surface area contributed by atoms with E-state index in [2.05, 4.69) is 0 Å². The number of rotatable bonds is 7. The topological polar surface area (TPSA) is 51.9 Å². The van der Waals surface area contributed by atoms with Gasteiger partial charge in [-0.25, -0.2) is 0 Å². The molecule has 0 aliphatic carbocycles. The number of carbonyl (C=O) groups excluding carboxylic acids is 1. The summed E-state index contributed by atoms with van der Waals surface area (Å²) < 4.78 is 17.0. The molecule has 26 heavy (non-hydrogen) atoms. The van der Waals surface area contributed by atoms with E-state index < -0.39 is 0 Å². The van der Waals surface area contributed by atoms with Crippen LogP contribution in [0.2, 0.25) is 0 Å². The Labute approximate surface area is 153 Å². The number of fused-ring (bicyclic) bond motifs is 1. The number of para-hydroxylation sites is 3. The summed E-state index contributed by atoms with van der Waals surface area (Å²) in [6, 6.07) is 16.9. The van der Waals surface area contributed by atoms with Crippen LogP contribution in [0.5, 0.6) is 11.5 Å². The monoisotopic (exact) mass is 353 g/mol. The Morgan fingerprint density at radius 3 is 2.42 bits per heavy atom. The van der Waals surface area contributed by atoms with Gasteiger partial charge < -0.3 is 18.8 Å². The lowest BCUT2D eigenvalue weighted by Crippen LogP contribution is -2.33. The second kappa shape index (κ2) is 7.95.